The van der Waals surface area contributed by atoms with Crippen molar-refractivity contribution in [2.45, 2.75) is 26.0 Å². The first kappa shape index (κ1) is 23.9. The van der Waals surface area contributed by atoms with E-state index in [1.165, 1.54) is 19.2 Å². The van der Waals surface area contributed by atoms with Gasteiger partial charge in [0, 0.05) is 18.7 Å². The van der Waals surface area contributed by atoms with Crippen molar-refractivity contribution < 1.29 is 28.6 Å². The van der Waals surface area contributed by atoms with E-state index < -0.39 is 11.8 Å². The number of nitrogens with one attached hydrogen (secondary N) is 1. The van der Waals surface area contributed by atoms with Crippen LogP contribution in [0.2, 0.25) is 0 Å². The number of benzene rings is 3. The van der Waals surface area contributed by atoms with Gasteiger partial charge >= 0.3 is 11.9 Å². The number of rotatable bonds is 11. The molecule has 0 amide bonds. The van der Waals surface area contributed by atoms with Crippen LogP contribution in [-0.2, 0) is 33.9 Å². The molecule has 0 aliphatic rings. The molecule has 0 aromatic heterocycles. The van der Waals surface area contributed by atoms with E-state index in [0.717, 1.165) is 11.1 Å². The topological polar surface area (TPSA) is 84.9 Å². The SMILES string of the molecule is COc1ccc(CC(=O)O)cc1-c1ccc(F)cc1CNCCC(=O)OCc1ccccc1. The van der Waals surface area contributed by atoms with Gasteiger partial charge in [0.25, 0.3) is 0 Å². The van der Waals surface area contributed by atoms with E-state index in [1.807, 2.05) is 30.3 Å². The molecule has 0 radical (unpaired) electrons. The highest BCUT2D eigenvalue weighted by atomic mass is 19.1. The standard InChI is InChI=1S/C26H26FNO5/c1-32-24-10-7-19(14-25(29)30)13-23(24)22-9-8-21(27)15-20(22)16-28-12-11-26(31)33-17-18-5-3-2-4-6-18/h2-10,13,15,28H,11-12,14,16-17H2,1H3,(H,29,30). The minimum absolute atomic E-state index is 0.128. The number of hydrogen-bond acceptors (Lipinski definition) is 5. The summed E-state index contributed by atoms with van der Waals surface area (Å²) in [6, 6.07) is 19.0. The van der Waals surface area contributed by atoms with Crippen molar-refractivity contribution in [3.05, 3.63) is 89.2 Å². The maximum Gasteiger partial charge on any atom is 0.307 e. The molecule has 0 bridgehead atoms. The van der Waals surface area contributed by atoms with Gasteiger partial charge in [0.15, 0.2) is 0 Å². The number of ether oxygens (including phenoxy) is 2. The molecule has 0 aliphatic carbocycles. The Hall–Kier alpha value is -3.71. The number of aliphatic carboxylic acids is 1. The molecule has 0 saturated heterocycles. The minimum Gasteiger partial charge on any atom is -0.496 e. The highest BCUT2D eigenvalue weighted by molar-refractivity contribution is 5.77. The predicted octanol–water partition coefficient (Wildman–Crippen LogP) is 4.35. The fraction of sp³-hybridized carbons (Fsp3) is 0.231. The van der Waals surface area contributed by atoms with Crippen LogP contribution in [0.25, 0.3) is 11.1 Å². The lowest BCUT2D eigenvalue weighted by Gasteiger charge is -2.15. The van der Waals surface area contributed by atoms with Gasteiger partial charge in [-0.3, -0.25) is 9.59 Å². The van der Waals surface area contributed by atoms with Gasteiger partial charge in [-0.25, -0.2) is 4.39 Å². The van der Waals surface area contributed by atoms with Gasteiger partial charge in [0.1, 0.15) is 18.2 Å². The van der Waals surface area contributed by atoms with Crippen molar-refractivity contribution in [3.8, 4) is 16.9 Å². The zero-order valence-electron chi connectivity index (χ0n) is 18.3. The average Bonchev–Trinajstić information content (AvgIpc) is 2.81. The quantitative estimate of drug-likeness (QED) is 0.333. The summed E-state index contributed by atoms with van der Waals surface area (Å²) in [5.41, 5.74) is 3.60. The van der Waals surface area contributed by atoms with Gasteiger partial charge in [-0.15, -0.1) is 0 Å². The molecule has 0 saturated carbocycles. The van der Waals surface area contributed by atoms with Crippen molar-refractivity contribution in [2.24, 2.45) is 0 Å². The minimum atomic E-state index is -0.939. The Bertz CT molecular complexity index is 1100. The van der Waals surface area contributed by atoms with E-state index in [4.69, 9.17) is 14.6 Å². The molecule has 6 nitrogen and oxygen atoms in total. The molecule has 3 rings (SSSR count). The van der Waals surface area contributed by atoms with Gasteiger partial charge < -0.3 is 19.9 Å². The summed E-state index contributed by atoms with van der Waals surface area (Å²) in [7, 11) is 1.53. The van der Waals surface area contributed by atoms with Gasteiger partial charge in [-0.05, 0) is 46.5 Å². The zero-order chi connectivity index (χ0) is 23.6. The highest BCUT2D eigenvalue weighted by Crippen LogP contribution is 2.34. The van der Waals surface area contributed by atoms with Gasteiger partial charge in [-0.2, -0.15) is 0 Å². The third-order valence-electron chi connectivity index (χ3n) is 5.04. The maximum absolute atomic E-state index is 14.0. The molecule has 2 N–H and O–H groups in total. The van der Waals surface area contributed by atoms with E-state index in [1.54, 1.807) is 24.3 Å². The smallest absolute Gasteiger partial charge is 0.307 e. The molecule has 3 aromatic rings. The lowest BCUT2D eigenvalue weighted by molar-refractivity contribution is -0.144. The van der Waals surface area contributed by atoms with E-state index in [-0.39, 0.29) is 25.4 Å². The fourth-order valence-electron chi connectivity index (χ4n) is 3.45. The molecular weight excluding hydrogens is 425 g/mol. The number of hydrogen-bond donors (Lipinski definition) is 2. The molecule has 0 unspecified atom stereocenters. The number of carboxylic acid groups (broad SMARTS) is 1. The van der Waals surface area contributed by atoms with Crippen LogP contribution in [0.4, 0.5) is 4.39 Å². The van der Waals surface area contributed by atoms with Crippen LogP contribution in [0.1, 0.15) is 23.1 Å². The van der Waals surface area contributed by atoms with Gasteiger partial charge in [0.2, 0.25) is 0 Å². The van der Waals surface area contributed by atoms with E-state index in [2.05, 4.69) is 5.32 Å². The second-order valence-electron chi connectivity index (χ2n) is 7.48. The third kappa shape index (κ3) is 7.15. The summed E-state index contributed by atoms with van der Waals surface area (Å²) in [6.45, 7) is 0.894. The molecule has 0 spiro atoms. The number of carboxylic acids is 1. The summed E-state index contributed by atoms with van der Waals surface area (Å²) in [5, 5.41) is 12.3. The Morgan fingerprint density at radius 1 is 0.970 bits per heavy atom. The van der Waals surface area contributed by atoms with E-state index >= 15 is 0 Å². The third-order valence-corrected chi connectivity index (χ3v) is 5.04. The number of methoxy groups -OCH3 is 1. The van der Waals surface area contributed by atoms with Crippen LogP contribution in [-0.4, -0.2) is 30.7 Å². The first-order valence-electron chi connectivity index (χ1n) is 10.5. The van der Waals surface area contributed by atoms with Gasteiger partial charge in [-0.1, -0.05) is 42.5 Å². The fourth-order valence-corrected chi connectivity index (χ4v) is 3.45. The maximum atomic E-state index is 14.0. The van der Waals surface area contributed by atoms with Crippen molar-refractivity contribution in [1.82, 2.24) is 5.32 Å². The molecular formula is C26H26FNO5. The monoisotopic (exact) mass is 451 g/mol. The van der Waals surface area contributed by atoms with Crippen LogP contribution in [0, 0.1) is 5.82 Å². The molecule has 0 atom stereocenters. The molecule has 0 fully saturated rings. The largest absolute Gasteiger partial charge is 0.496 e. The molecule has 0 aliphatic heterocycles. The number of halogens is 1. The Morgan fingerprint density at radius 3 is 2.48 bits per heavy atom. The molecule has 3 aromatic carbocycles. The number of esters is 1. The van der Waals surface area contributed by atoms with Crippen LogP contribution >= 0.6 is 0 Å². The number of carbonyl (C=O) groups is 2. The Balaban J connectivity index is 1.64. The molecule has 33 heavy (non-hydrogen) atoms. The first-order valence-corrected chi connectivity index (χ1v) is 10.5. The van der Waals surface area contributed by atoms with Crippen LogP contribution in [0.3, 0.4) is 0 Å². The normalized spacial score (nSPS) is 10.6. The number of carbonyl (C=O) groups excluding carboxylic acids is 1. The van der Waals surface area contributed by atoms with Crippen molar-refractivity contribution in [3.63, 3.8) is 0 Å². The Labute approximate surface area is 192 Å². The summed E-state index contributed by atoms with van der Waals surface area (Å²) < 4.78 is 24.7. The van der Waals surface area contributed by atoms with Gasteiger partial charge in [0.05, 0.1) is 20.0 Å². The van der Waals surface area contributed by atoms with Crippen LogP contribution < -0.4 is 10.1 Å². The summed E-state index contributed by atoms with van der Waals surface area (Å²) in [4.78, 5) is 23.1. The predicted molar refractivity (Wildman–Crippen MR) is 122 cm³/mol. The lowest BCUT2D eigenvalue weighted by atomic mass is 9.96. The van der Waals surface area contributed by atoms with Crippen molar-refractivity contribution in [2.75, 3.05) is 13.7 Å². The second kappa shape index (κ2) is 11.8. The van der Waals surface area contributed by atoms with Crippen LogP contribution in [0.5, 0.6) is 5.75 Å². The summed E-state index contributed by atoms with van der Waals surface area (Å²) in [6.07, 6.45) is 0.0474. The average molecular weight is 451 g/mol. The van der Waals surface area contributed by atoms with E-state index in [0.29, 0.717) is 35.5 Å². The van der Waals surface area contributed by atoms with Crippen molar-refractivity contribution >= 4 is 11.9 Å². The van der Waals surface area contributed by atoms with Crippen molar-refractivity contribution in [1.29, 1.82) is 0 Å². The second-order valence-corrected chi connectivity index (χ2v) is 7.48. The Kier molecular flexibility index (Phi) is 8.55. The highest BCUT2D eigenvalue weighted by Gasteiger charge is 2.14. The van der Waals surface area contributed by atoms with Crippen LogP contribution in [0.15, 0.2) is 66.7 Å². The Morgan fingerprint density at radius 2 is 1.76 bits per heavy atom. The first-order chi connectivity index (χ1) is 16.0. The zero-order valence-corrected chi connectivity index (χ0v) is 18.3. The molecule has 0 heterocycles. The summed E-state index contributed by atoms with van der Waals surface area (Å²) >= 11 is 0. The van der Waals surface area contributed by atoms with E-state index in [9.17, 15) is 14.0 Å². The lowest BCUT2D eigenvalue weighted by Crippen LogP contribution is -2.19. The summed E-state index contributed by atoms with van der Waals surface area (Å²) in [5.74, 6) is -1.10. The molecule has 7 heteroatoms. The molecule has 172 valence electrons.